The summed E-state index contributed by atoms with van der Waals surface area (Å²) in [6.45, 7) is 4.30. The molecule has 0 aromatic heterocycles. The first-order chi connectivity index (χ1) is 16.4. The fraction of sp³-hybridized carbons (Fsp3) is 0.185. The zero-order valence-electron chi connectivity index (χ0n) is 19.0. The van der Waals surface area contributed by atoms with Gasteiger partial charge in [0.25, 0.3) is 11.7 Å². The molecule has 1 aliphatic heterocycles. The third kappa shape index (κ3) is 4.13. The number of hydrogen-bond donors (Lipinski definition) is 1. The molecule has 0 saturated carbocycles. The summed E-state index contributed by atoms with van der Waals surface area (Å²) in [5, 5.41) is 11.5. The number of aliphatic hydroxyl groups is 1. The molecule has 174 valence electrons. The van der Waals surface area contributed by atoms with Gasteiger partial charge >= 0.3 is 0 Å². The van der Waals surface area contributed by atoms with Gasteiger partial charge in [-0.1, -0.05) is 35.9 Å². The smallest absolute Gasteiger partial charge is 0.300 e. The lowest BCUT2D eigenvalue weighted by molar-refractivity contribution is -0.132. The fourth-order valence-corrected chi connectivity index (χ4v) is 4.38. The van der Waals surface area contributed by atoms with Gasteiger partial charge in [-0.05, 0) is 67.4 Å². The Bertz CT molecular complexity index is 1280. The number of hydrogen-bond acceptors (Lipinski definition) is 5. The van der Waals surface area contributed by atoms with Crippen LogP contribution in [0.5, 0.6) is 11.5 Å². The molecule has 0 aliphatic carbocycles. The van der Waals surface area contributed by atoms with Crippen molar-refractivity contribution in [3.63, 3.8) is 0 Å². The number of ether oxygens (including phenoxy) is 2. The summed E-state index contributed by atoms with van der Waals surface area (Å²) in [5.74, 6) is -0.707. The summed E-state index contributed by atoms with van der Waals surface area (Å²) in [7, 11) is 1.49. The van der Waals surface area contributed by atoms with Crippen LogP contribution in [0.15, 0.2) is 72.3 Å². The van der Waals surface area contributed by atoms with E-state index in [1.807, 2.05) is 38.1 Å². The van der Waals surface area contributed by atoms with Crippen molar-refractivity contribution in [2.24, 2.45) is 0 Å². The number of carbonyl (C=O) groups excluding carboxylic acids is 2. The zero-order valence-corrected chi connectivity index (χ0v) is 19.8. The summed E-state index contributed by atoms with van der Waals surface area (Å²) < 4.78 is 10.7. The minimum absolute atomic E-state index is 0.00517. The van der Waals surface area contributed by atoms with E-state index in [4.69, 9.17) is 21.1 Å². The monoisotopic (exact) mass is 477 g/mol. The molecule has 6 nitrogen and oxygen atoms in total. The third-order valence-corrected chi connectivity index (χ3v) is 6.07. The van der Waals surface area contributed by atoms with Crippen molar-refractivity contribution in [2.75, 3.05) is 18.6 Å². The van der Waals surface area contributed by atoms with Gasteiger partial charge in [0.05, 0.1) is 30.4 Å². The van der Waals surface area contributed by atoms with E-state index >= 15 is 0 Å². The molecule has 1 saturated heterocycles. The number of Topliss-reactive ketones (excluding diaryl/α,β-unsaturated/α-hetero) is 1. The van der Waals surface area contributed by atoms with Crippen molar-refractivity contribution in [1.29, 1.82) is 0 Å². The van der Waals surface area contributed by atoms with Crippen molar-refractivity contribution in [3.8, 4) is 11.5 Å². The van der Waals surface area contributed by atoms with E-state index in [9.17, 15) is 14.7 Å². The highest BCUT2D eigenvalue weighted by Gasteiger charge is 2.47. The van der Waals surface area contributed by atoms with Crippen LogP contribution >= 0.6 is 11.6 Å². The van der Waals surface area contributed by atoms with E-state index in [2.05, 4.69) is 0 Å². The second-order valence-electron chi connectivity index (χ2n) is 7.80. The number of carbonyl (C=O) groups is 2. The molecular weight excluding hydrogens is 454 g/mol. The lowest BCUT2D eigenvalue weighted by Crippen LogP contribution is -2.29. The Balaban J connectivity index is 1.91. The van der Waals surface area contributed by atoms with E-state index in [1.54, 1.807) is 36.4 Å². The van der Waals surface area contributed by atoms with E-state index in [0.29, 0.717) is 29.4 Å². The molecule has 1 heterocycles. The third-order valence-electron chi connectivity index (χ3n) is 5.78. The molecule has 7 heteroatoms. The van der Waals surface area contributed by atoms with Crippen LogP contribution < -0.4 is 14.4 Å². The number of aryl methyl sites for hydroxylation is 1. The van der Waals surface area contributed by atoms with Crippen molar-refractivity contribution in [3.05, 3.63) is 94.0 Å². The molecule has 1 atom stereocenters. The first-order valence-electron chi connectivity index (χ1n) is 10.8. The molecule has 1 aliphatic rings. The van der Waals surface area contributed by atoms with Crippen molar-refractivity contribution in [1.82, 2.24) is 0 Å². The molecule has 1 amide bonds. The number of ketones is 1. The van der Waals surface area contributed by atoms with Gasteiger partial charge in [0.1, 0.15) is 17.3 Å². The molecule has 34 heavy (non-hydrogen) atoms. The average Bonchev–Trinajstić information content (AvgIpc) is 3.10. The van der Waals surface area contributed by atoms with Gasteiger partial charge in [0.2, 0.25) is 0 Å². The van der Waals surface area contributed by atoms with Crippen molar-refractivity contribution >= 4 is 34.7 Å². The standard InChI is InChI=1S/C27H24ClNO5/c1-4-34-19-12-10-18(11-13-19)29-24(20-8-6-5-7-16(20)2)23(26(31)27(29)32)25(30)17-9-14-22(33-3)21(28)15-17/h5-15,24,30H,4H2,1-3H3/b25-23+. The van der Waals surface area contributed by atoms with Crippen LogP contribution in [0.2, 0.25) is 5.02 Å². The maximum absolute atomic E-state index is 13.3. The Morgan fingerprint density at radius 3 is 2.38 bits per heavy atom. The van der Waals surface area contributed by atoms with Crippen LogP contribution in [0.25, 0.3) is 5.76 Å². The van der Waals surface area contributed by atoms with Gasteiger partial charge in [0, 0.05) is 11.3 Å². The van der Waals surface area contributed by atoms with Crippen LogP contribution in [0.4, 0.5) is 5.69 Å². The highest BCUT2D eigenvalue weighted by molar-refractivity contribution is 6.51. The van der Waals surface area contributed by atoms with Crippen LogP contribution in [0.3, 0.4) is 0 Å². The second kappa shape index (κ2) is 9.61. The maximum Gasteiger partial charge on any atom is 0.300 e. The lowest BCUT2D eigenvalue weighted by Gasteiger charge is -2.26. The number of halogens is 1. The minimum atomic E-state index is -0.819. The number of amides is 1. The summed E-state index contributed by atoms with van der Waals surface area (Å²) in [5.41, 5.74) is 2.44. The van der Waals surface area contributed by atoms with E-state index in [-0.39, 0.29) is 16.4 Å². The first-order valence-corrected chi connectivity index (χ1v) is 11.2. The number of benzene rings is 3. The molecule has 1 fully saturated rings. The Kier molecular flexibility index (Phi) is 6.61. The molecule has 0 spiro atoms. The highest BCUT2D eigenvalue weighted by atomic mass is 35.5. The Labute approximate surface area is 203 Å². The van der Waals surface area contributed by atoms with E-state index < -0.39 is 17.7 Å². The van der Waals surface area contributed by atoms with E-state index in [1.165, 1.54) is 18.1 Å². The number of aliphatic hydroxyl groups excluding tert-OH is 1. The van der Waals surface area contributed by atoms with Gasteiger partial charge in [0.15, 0.2) is 0 Å². The zero-order chi connectivity index (χ0) is 24.4. The largest absolute Gasteiger partial charge is 0.507 e. The van der Waals surface area contributed by atoms with Crippen LogP contribution in [0.1, 0.15) is 29.7 Å². The minimum Gasteiger partial charge on any atom is -0.507 e. The molecule has 3 aromatic rings. The normalized spacial score (nSPS) is 17.2. The Morgan fingerprint density at radius 1 is 1.06 bits per heavy atom. The van der Waals surface area contributed by atoms with Crippen molar-refractivity contribution in [2.45, 2.75) is 19.9 Å². The highest BCUT2D eigenvalue weighted by Crippen LogP contribution is 2.43. The number of rotatable bonds is 6. The summed E-state index contributed by atoms with van der Waals surface area (Å²) >= 11 is 6.26. The predicted octanol–water partition coefficient (Wildman–Crippen LogP) is 5.68. The molecular formula is C27H24ClNO5. The quantitative estimate of drug-likeness (QED) is 0.281. The molecule has 0 radical (unpaired) electrons. The SMILES string of the molecule is CCOc1ccc(N2C(=O)C(=O)/C(=C(/O)c3ccc(OC)c(Cl)c3)C2c2ccccc2C)cc1. The lowest BCUT2D eigenvalue weighted by atomic mass is 9.92. The van der Waals surface area contributed by atoms with Crippen LogP contribution in [0, 0.1) is 6.92 Å². The van der Waals surface area contributed by atoms with Gasteiger partial charge in [-0.3, -0.25) is 14.5 Å². The molecule has 4 rings (SSSR count). The van der Waals surface area contributed by atoms with Crippen molar-refractivity contribution < 1.29 is 24.2 Å². The van der Waals surface area contributed by atoms with Crippen LogP contribution in [-0.2, 0) is 9.59 Å². The van der Waals surface area contributed by atoms with Gasteiger partial charge < -0.3 is 14.6 Å². The number of nitrogens with zero attached hydrogens (tertiary/aromatic N) is 1. The van der Waals surface area contributed by atoms with Crippen LogP contribution in [-0.4, -0.2) is 30.5 Å². The summed E-state index contributed by atoms with van der Waals surface area (Å²) in [6, 6.07) is 18.3. The Morgan fingerprint density at radius 2 is 1.76 bits per heavy atom. The Hall–Kier alpha value is -3.77. The van der Waals surface area contributed by atoms with E-state index in [0.717, 1.165) is 11.1 Å². The number of anilines is 1. The van der Waals surface area contributed by atoms with Gasteiger partial charge in [-0.15, -0.1) is 0 Å². The molecule has 0 bridgehead atoms. The predicted molar refractivity (Wildman–Crippen MR) is 132 cm³/mol. The first kappa shape index (κ1) is 23.4. The average molecular weight is 478 g/mol. The molecule has 1 unspecified atom stereocenters. The van der Waals surface area contributed by atoms with Gasteiger partial charge in [-0.2, -0.15) is 0 Å². The second-order valence-corrected chi connectivity index (χ2v) is 8.21. The summed E-state index contributed by atoms with van der Waals surface area (Å²) in [4.78, 5) is 28.0. The maximum atomic E-state index is 13.3. The van der Waals surface area contributed by atoms with Gasteiger partial charge in [-0.25, -0.2) is 0 Å². The molecule has 1 N–H and O–H groups in total. The number of methoxy groups -OCH3 is 1. The topological polar surface area (TPSA) is 76.1 Å². The summed E-state index contributed by atoms with van der Waals surface area (Å²) in [6.07, 6.45) is 0. The molecule has 3 aromatic carbocycles. The fourth-order valence-electron chi connectivity index (χ4n) is 4.13.